The van der Waals surface area contributed by atoms with Gasteiger partial charge in [0.05, 0.1) is 6.10 Å². The molecule has 0 bridgehead atoms. The molecule has 0 unspecified atom stereocenters. The zero-order chi connectivity index (χ0) is 19.6. The van der Waals surface area contributed by atoms with Crippen molar-refractivity contribution in [2.75, 3.05) is 5.32 Å². The van der Waals surface area contributed by atoms with Crippen molar-refractivity contribution < 1.29 is 9.53 Å². The van der Waals surface area contributed by atoms with Crippen molar-refractivity contribution in [3.63, 3.8) is 0 Å². The van der Waals surface area contributed by atoms with Crippen LogP contribution in [-0.4, -0.2) is 16.6 Å². The lowest BCUT2D eigenvalue weighted by Gasteiger charge is -2.12. The van der Waals surface area contributed by atoms with Crippen LogP contribution in [0.25, 0.3) is 10.8 Å². The van der Waals surface area contributed by atoms with Gasteiger partial charge in [-0.2, -0.15) is 0 Å². The van der Waals surface area contributed by atoms with Gasteiger partial charge in [0.1, 0.15) is 12.3 Å². The second-order valence-electron chi connectivity index (χ2n) is 7.01. The van der Waals surface area contributed by atoms with Gasteiger partial charge in [0.15, 0.2) is 0 Å². The molecule has 0 aliphatic rings. The van der Waals surface area contributed by atoms with Crippen LogP contribution in [0.4, 0.5) is 5.69 Å². The largest absolute Gasteiger partial charge is 0.491 e. The highest BCUT2D eigenvalue weighted by Gasteiger charge is 2.09. The number of benzene rings is 2. The smallest absolute Gasteiger partial charge is 0.258 e. The molecule has 3 aromatic rings. The summed E-state index contributed by atoms with van der Waals surface area (Å²) in [6.45, 7) is 7.89. The summed E-state index contributed by atoms with van der Waals surface area (Å²) in [7, 11) is 0. The molecule has 0 fully saturated rings. The summed E-state index contributed by atoms with van der Waals surface area (Å²) in [4.78, 5) is 25.0. The topological polar surface area (TPSA) is 60.3 Å². The van der Waals surface area contributed by atoms with Gasteiger partial charge in [-0.05, 0) is 80.6 Å². The fraction of sp³-hybridized carbons (Fsp3) is 0.273. The molecule has 1 heterocycles. The van der Waals surface area contributed by atoms with Crippen LogP contribution in [0.2, 0.25) is 0 Å². The van der Waals surface area contributed by atoms with E-state index in [9.17, 15) is 9.59 Å². The molecular weight excluding hydrogens is 340 g/mol. The number of carbonyl (C=O) groups excluding carboxylic acids is 1. The average molecular weight is 364 g/mol. The zero-order valence-corrected chi connectivity index (χ0v) is 16.1. The van der Waals surface area contributed by atoms with Gasteiger partial charge in [-0.25, -0.2) is 0 Å². The maximum Gasteiger partial charge on any atom is 0.258 e. The molecule has 0 saturated heterocycles. The third-order valence-electron chi connectivity index (χ3n) is 4.42. The van der Waals surface area contributed by atoms with Crippen molar-refractivity contribution in [2.45, 2.75) is 40.3 Å². The summed E-state index contributed by atoms with van der Waals surface area (Å²) in [5, 5.41) is 4.20. The van der Waals surface area contributed by atoms with Crippen LogP contribution in [0, 0.1) is 13.8 Å². The summed E-state index contributed by atoms with van der Waals surface area (Å²) in [5.74, 6) is 0.488. The highest BCUT2D eigenvalue weighted by atomic mass is 16.5. The van der Waals surface area contributed by atoms with Gasteiger partial charge >= 0.3 is 0 Å². The SMILES string of the molecule is Cc1ccc(NC(=O)Cn2ccc3cc(OC(C)C)ccc3c2=O)cc1C. The number of carbonyl (C=O) groups is 1. The second kappa shape index (κ2) is 7.66. The van der Waals surface area contributed by atoms with Crippen LogP contribution in [0.3, 0.4) is 0 Å². The molecule has 140 valence electrons. The summed E-state index contributed by atoms with van der Waals surface area (Å²) < 4.78 is 7.09. The predicted octanol–water partition coefficient (Wildman–Crippen LogP) is 4.04. The third-order valence-corrected chi connectivity index (χ3v) is 4.42. The van der Waals surface area contributed by atoms with Crippen LogP contribution in [0.15, 0.2) is 53.5 Å². The lowest BCUT2D eigenvalue weighted by atomic mass is 10.1. The van der Waals surface area contributed by atoms with E-state index in [0.29, 0.717) is 5.39 Å². The molecule has 0 atom stereocenters. The van der Waals surface area contributed by atoms with Crippen LogP contribution in [-0.2, 0) is 11.3 Å². The van der Waals surface area contributed by atoms with E-state index >= 15 is 0 Å². The summed E-state index contributed by atoms with van der Waals surface area (Å²) in [6, 6.07) is 12.9. The molecule has 0 aliphatic carbocycles. The fourth-order valence-electron chi connectivity index (χ4n) is 2.91. The Balaban J connectivity index is 1.80. The highest BCUT2D eigenvalue weighted by molar-refractivity contribution is 5.91. The van der Waals surface area contributed by atoms with E-state index in [4.69, 9.17) is 4.74 Å². The minimum atomic E-state index is -0.237. The molecule has 27 heavy (non-hydrogen) atoms. The van der Waals surface area contributed by atoms with Crippen LogP contribution < -0.4 is 15.6 Å². The molecular formula is C22H24N2O3. The molecule has 1 N–H and O–H groups in total. The van der Waals surface area contributed by atoms with Crippen molar-refractivity contribution in [2.24, 2.45) is 0 Å². The molecule has 2 aromatic carbocycles. The Morgan fingerprint density at radius 3 is 2.56 bits per heavy atom. The van der Waals surface area contributed by atoms with Gasteiger partial charge < -0.3 is 14.6 Å². The Morgan fingerprint density at radius 1 is 1.07 bits per heavy atom. The van der Waals surface area contributed by atoms with Crippen molar-refractivity contribution in [3.05, 3.63) is 70.1 Å². The summed E-state index contributed by atoms with van der Waals surface area (Å²) in [6.07, 6.45) is 1.71. The Labute approximate surface area is 158 Å². The molecule has 5 nitrogen and oxygen atoms in total. The molecule has 0 aliphatic heterocycles. The number of aryl methyl sites for hydroxylation is 2. The first-order valence-electron chi connectivity index (χ1n) is 9.00. The number of fused-ring (bicyclic) bond motifs is 1. The third kappa shape index (κ3) is 4.37. The van der Waals surface area contributed by atoms with Crippen molar-refractivity contribution >= 4 is 22.4 Å². The van der Waals surface area contributed by atoms with Gasteiger partial charge in [0, 0.05) is 17.3 Å². The number of ether oxygens (including phenoxy) is 1. The molecule has 0 saturated carbocycles. The van der Waals surface area contributed by atoms with E-state index in [2.05, 4.69) is 5.32 Å². The number of amides is 1. The number of aromatic nitrogens is 1. The van der Waals surface area contributed by atoms with Gasteiger partial charge in [-0.15, -0.1) is 0 Å². The van der Waals surface area contributed by atoms with Crippen molar-refractivity contribution in [1.29, 1.82) is 0 Å². The second-order valence-corrected chi connectivity index (χ2v) is 7.01. The lowest BCUT2D eigenvalue weighted by molar-refractivity contribution is -0.116. The first-order valence-corrected chi connectivity index (χ1v) is 9.00. The molecule has 0 radical (unpaired) electrons. The first kappa shape index (κ1) is 18.7. The van der Waals surface area contributed by atoms with E-state index in [1.807, 2.05) is 58.0 Å². The van der Waals surface area contributed by atoms with Crippen LogP contribution in [0.1, 0.15) is 25.0 Å². The molecule has 0 spiro atoms. The maximum atomic E-state index is 12.7. The quantitative estimate of drug-likeness (QED) is 0.743. The Morgan fingerprint density at radius 2 is 1.85 bits per heavy atom. The minimum Gasteiger partial charge on any atom is -0.491 e. The maximum absolute atomic E-state index is 12.7. The first-order chi connectivity index (χ1) is 12.8. The number of hydrogen-bond acceptors (Lipinski definition) is 3. The normalized spacial score (nSPS) is 11.0. The summed E-state index contributed by atoms with van der Waals surface area (Å²) >= 11 is 0. The molecule has 5 heteroatoms. The van der Waals surface area contributed by atoms with E-state index in [1.165, 1.54) is 10.1 Å². The van der Waals surface area contributed by atoms with Crippen LogP contribution >= 0.6 is 0 Å². The Kier molecular flexibility index (Phi) is 5.31. The predicted molar refractivity (Wildman–Crippen MR) is 109 cm³/mol. The number of hydrogen-bond donors (Lipinski definition) is 1. The van der Waals surface area contributed by atoms with Crippen LogP contribution in [0.5, 0.6) is 5.75 Å². The van der Waals surface area contributed by atoms with Gasteiger partial charge in [0.2, 0.25) is 5.91 Å². The van der Waals surface area contributed by atoms with Crippen molar-refractivity contribution in [3.8, 4) is 5.75 Å². The lowest BCUT2D eigenvalue weighted by Crippen LogP contribution is -2.27. The number of nitrogens with zero attached hydrogens (tertiary/aromatic N) is 1. The zero-order valence-electron chi connectivity index (χ0n) is 16.1. The number of pyridine rings is 1. The van der Waals surface area contributed by atoms with E-state index in [-0.39, 0.29) is 24.1 Å². The highest BCUT2D eigenvalue weighted by Crippen LogP contribution is 2.19. The van der Waals surface area contributed by atoms with E-state index in [0.717, 1.165) is 22.4 Å². The summed E-state index contributed by atoms with van der Waals surface area (Å²) in [5.41, 5.74) is 2.81. The van der Waals surface area contributed by atoms with Gasteiger partial charge in [0.25, 0.3) is 5.56 Å². The van der Waals surface area contributed by atoms with Gasteiger partial charge in [-0.3, -0.25) is 9.59 Å². The van der Waals surface area contributed by atoms with E-state index < -0.39 is 0 Å². The number of anilines is 1. The standard InChI is InChI=1S/C22H24N2O3/c1-14(2)27-19-7-8-20-17(12-19)9-10-24(22(20)26)13-21(25)23-18-6-5-15(3)16(4)11-18/h5-12,14H,13H2,1-4H3,(H,23,25). The minimum absolute atomic E-state index is 0.0358. The number of nitrogens with one attached hydrogen (secondary N) is 1. The van der Waals surface area contributed by atoms with Crippen molar-refractivity contribution in [1.82, 2.24) is 4.57 Å². The monoisotopic (exact) mass is 364 g/mol. The van der Waals surface area contributed by atoms with Gasteiger partial charge in [-0.1, -0.05) is 6.07 Å². The Bertz CT molecular complexity index is 1050. The molecule has 1 amide bonds. The fourth-order valence-corrected chi connectivity index (χ4v) is 2.91. The number of rotatable bonds is 5. The molecule has 1 aromatic heterocycles. The Hall–Kier alpha value is -3.08. The molecule has 3 rings (SSSR count). The van der Waals surface area contributed by atoms with E-state index in [1.54, 1.807) is 18.3 Å². The average Bonchev–Trinajstić information content (AvgIpc) is 2.60.